The molecule has 0 aromatic heterocycles. The molecule has 1 aliphatic heterocycles. The van der Waals surface area contributed by atoms with Gasteiger partial charge in [-0.2, -0.15) is 0 Å². The summed E-state index contributed by atoms with van der Waals surface area (Å²) in [5.74, 6) is 0. The molecule has 0 unspecified atom stereocenters. The quantitative estimate of drug-likeness (QED) is 0.430. The molecule has 0 saturated carbocycles. The van der Waals surface area contributed by atoms with Crippen molar-refractivity contribution in [2.75, 3.05) is 13.2 Å². The molecular weight excluding hydrogens is 463 g/mol. The lowest BCUT2D eigenvalue weighted by atomic mass is 9.90. The molecule has 33 heavy (non-hydrogen) atoms. The van der Waals surface area contributed by atoms with Gasteiger partial charge in [-0.1, -0.05) is 62.3 Å². The van der Waals surface area contributed by atoms with Crippen molar-refractivity contribution in [3.63, 3.8) is 0 Å². The predicted octanol–water partition coefficient (Wildman–Crippen LogP) is 5.51. The smallest absolute Gasteiger partial charge is 0.192 e. The van der Waals surface area contributed by atoms with Crippen LogP contribution in [-0.4, -0.2) is 74.9 Å². The van der Waals surface area contributed by atoms with Crippen LogP contribution in [0.4, 0.5) is 0 Å². The van der Waals surface area contributed by atoms with Gasteiger partial charge in [0.25, 0.3) is 0 Å². The standard InChI is InChI=1S/C24H55BO5Si3/c1-21(2,3)31(10,11)27-17-24(16-26)19(30-33(14,15)23(7,8)9)18(20(25)28-24)29-32(12,13)22(4,5)6/h18-20,26H,16-17,25H2,1-15H3/t18-,19+,20-,24-/m1/s1. The zero-order valence-corrected chi connectivity index (χ0v) is 27.7. The van der Waals surface area contributed by atoms with Gasteiger partial charge in [0, 0.05) is 0 Å². The van der Waals surface area contributed by atoms with Crippen LogP contribution in [0, 0.1) is 0 Å². The largest absolute Gasteiger partial charge is 0.414 e. The Balaban J connectivity index is 3.47. The zero-order valence-electron chi connectivity index (χ0n) is 24.7. The summed E-state index contributed by atoms with van der Waals surface area (Å²) in [4.78, 5) is 0. The fourth-order valence-electron chi connectivity index (χ4n) is 3.20. The maximum atomic E-state index is 10.8. The molecule has 1 heterocycles. The summed E-state index contributed by atoms with van der Waals surface area (Å²) in [5.41, 5.74) is -0.933. The van der Waals surface area contributed by atoms with Gasteiger partial charge in [0.2, 0.25) is 0 Å². The molecule has 0 aromatic carbocycles. The van der Waals surface area contributed by atoms with E-state index >= 15 is 0 Å². The van der Waals surface area contributed by atoms with Crippen LogP contribution in [0.1, 0.15) is 62.3 Å². The average molecular weight is 519 g/mol. The Morgan fingerprint density at radius 2 is 1.15 bits per heavy atom. The molecule has 0 spiro atoms. The highest BCUT2D eigenvalue weighted by Crippen LogP contribution is 2.46. The number of ether oxygens (including phenoxy) is 1. The third-order valence-corrected chi connectivity index (χ3v) is 22.3. The molecular formula is C24H55BO5Si3. The van der Waals surface area contributed by atoms with Crippen LogP contribution in [0.3, 0.4) is 0 Å². The number of aliphatic hydroxyl groups is 1. The van der Waals surface area contributed by atoms with Gasteiger partial charge in [0.1, 0.15) is 19.6 Å². The molecule has 4 atom stereocenters. The van der Waals surface area contributed by atoms with Crippen LogP contribution in [0.2, 0.25) is 54.4 Å². The first-order valence-corrected chi connectivity index (χ1v) is 21.3. The monoisotopic (exact) mass is 518 g/mol. The van der Waals surface area contributed by atoms with E-state index in [4.69, 9.17) is 18.0 Å². The van der Waals surface area contributed by atoms with Crippen molar-refractivity contribution in [2.45, 2.75) is 141 Å². The Kier molecular flexibility index (Phi) is 9.33. The van der Waals surface area contributed by atoms with Gasteiger partial charge in [0.05, 0.1) is 25.3 Å². The van der Waals surface area contributed by atoms with Gasteiger partial charge >= 0.3 is 0 Å². The SMILES string of the molecule is B[C@@H]1O[C@](CO)(CO[Si](C)(C)C(C)(C)C)[C@@H](O[Si](C)(C)C(C)(C)C)[C@H]1O[Si](C)(C)C(C)(C)C. The first-order chi connectivity index (χ1) is 14.3. The molecule has 0 bridgehead atoms. The number of aliphatic hydroxyl groups excluding tert-OH is 1. The van der Waals surface area contributed by atoms with Gasteiger partial charge in [-0.15, -0.1) is 0 Å². The second kappa shape index (κ2) is 9.76. The van der Waals surface area contributed by atoms with E-state index in [9.17, 15) is 5.11 Å². The molecule has 1 fully saturated rings. The van der Waals surface area contributed by atoms with Crippen molar-refractivity contribution in [3.05, 3.63) is 0 Å². The van der Waals surface area contributed by atoms with Gasteiger partial charge in [-0.3, -0.25) is 0 Å². The van der Waals surface area contributed by atoms with Crippen molar-refractivity contribution in [1.29, 1.82) is 0 Å². The Bertz CT molecular complexity index is 664. The molecule has 1 rings (SSSR count). The molecule has 1 aliphatic rings. The van der Waals surface area contributed by atoms with E-state index in [1.54, 1.807) is 0 Å². The maximum absolute atomic E-state index is 10.8. The first kappa shape index (κ1) is 31.5. The summed E-state index contributed by atoms with van der Waals surface area (Å²) in [5, 5.41) is 10.9. The van der Waals surface area contributed by atoms with Crippen molar-refractivity contribution in [3.8, 4) is 0 Å². The Morgan fingerprint density at radius 1 is 0.758 bits per heavy atom. The van der Waals surface area contributed by atoms with Gasteiger partial charge in [0.15, 0.2) is 25.0 Å². The fourth-order valence-corrected chi connectivity index (χ4v) is 6.93. The van der Waals surface area contributed by atoms with Gasteiger partial charge < -0.3 is 23.1 Å². The number of hydrogen-bond donors (Lipinski definition) is 1. The summed E-state index contributed by atoms with van der Waals surface area (Å²) >= 11 is 0. The molecule has 1 saturated heterocycles. The molecule has 0 radical (unpaired) electrons. The normalized spacial score (nSPS) is 28.4. The highest BCUT2D eigenvalue weighted by molar-refractivity contribution is 6.75. The first-order valence-electron chi connectivity index (χ1n) is 12.6. The van der Waals surface area contributed by atoms with Crippen LogP contribution in [0.5, 0.6) is 0 Å². The molecule has 1 N–H and O–H groups in total. The summed E-state index contributed by atoms with van der Waals surface area (Å²) in [7, 11) is -4.27. The summed E-state index contributed by atoms with van der Waals surface area (Å²) in [6.07, 6.45) is -0.618. The topological polar surface area (TPSA) is 57.2 Å². The van der Waals surface area contributed by atoms with Crippen LogP contribution in [0.15, 0.2) is 0 Å². The minimum Gasteiger partial charge on any atom is -0.414 e. The molecule has 0 aromatic rings. The lowest BCUT2D eigenvalue weighted by Crippen LogP contribution is -2.60. The van der Waals surface area contributed by atoms with E-state index in [-0.39, 0.29) is 39.9 Å². The third kappa shape index (κ3) is 6.84. The second-order valence-corrected chi connectivity index (χ2v) is 29.1. The highest BCUT2D eigenvalue weighted by Gasteiger charge is 2.59. The van der Waals surface area contributed by atoms with Gasteiger partial charge in [-0.25, -0.2) is 0 Å². The van der Waals surface area contributed by atoms with Crippen molar-refractivity contribution in [1.82, 2.24) is 0 Å². The van der Waals surface area contributed by atoms with E-state index in [0.29, 0.717) is 6.61 Å². The Labute approximate surface area is 209 Å². The molecule has 0 amide bonds. The molecule has 0 aliphatic carbocycles. The van der Waals surface area contributed by atoms with E-state index in [1.807, 2.05) is 0 Å². The van der Waals surface area contributed by atoms with E-state index in [1.165, 1.54) is 0 Å². The minimum absolute atomic E-state index is 0.0296. The summed E-state index contributed by atoms with van der Waals surface area (Å²) < 4.78 is 27.2. The van der Waals surface area contributed by atoms with Crippen LogP contribution in [-0.2, 0) is 18.0 Å². The zero-order chi connectivity index (χ0) is 26.5. The van der Waals surface area contributed by atoms with Gasteiger partial charge in [-0.05, 0) is 54.4 Å². The summed E-state index contributed by atoms with van der Waals surface area (Å²) in [6.45, 7) is 33.9. The fraction of sp³-hybridized carbons (Fsp3) is 1.00. The van der Waals surface area contributed by atoms with Crippen molar-refractivity contribution >= 4 is 32.8 Å². The Hall–Kier alpha value is 0.516. The highest BCUT2D eigenvalue weighted by atomic mass is 28.4. The molecule has 5 nitrogen and oxygen atoms in total. The minimum atomic E-state index is -2.18. The maximum Gasteiger partial charge on any atom is 0.192 e. The molecule has 9 heteroatoms. The molecule has 196 valence electrons. The van der Waals surface area contributed by atoms with Crippen LogP contribution >= 0.6 is 0 Å². The van der Waals surface area contributed by atoms with E-state index < -0.39 is 30.6 Å². The van der Waals surface area contributed by atoms with Crippen LogP contribution in [0.25, 0.3) is 0 Å². The average Bonchev–Trinajstić information content (AvgIpc) is 2.82. The second-order valence-electron chi connectivity index (χ2n) is 14.7. The third-order valence-electron chi connectivity index (χ3n) is 8.92. The number of hydrogen-bond acceptors (Lipinski definition) is 5. The van der Waals surface area contributed by atoms with E-state index in [2.05, 4.69) is 109 Å². The Morgan fingerprint density at radius 3 is 1.52 bits per heavy atom. The summed E-state index contributed by atoms with van der Waals surface area (Å²) in [6, 6.07) is -0.191. The lowest BCUT2D eigenvalue weighted by molar-refractivity contribution is -0.118. The van der Waals surface area contributed by atoms with E-state index in [0.717, 1.165) is 0 Å². The van der Waals surface area contributed by atoms with Crippen molar-refractivity contribution in [2.24, 2.45) is 0 Å². The number of rotatable bonds is 8. The van der Waals surface area contributed by atoms with Crippen LogP contribution < -0.4 is 0 Å². The lowest BCUT2D eigenvalue weighted by Gasteiger charge is -2.47. The predicted molar refractivity (Wildman–Crippen MR) is 151 cm³/mol. The van der Waals surface area contributed by atoms with Crippen molar-refractivity contribution < 1.29 is 23.1 Å².